The molecule has 0 aromatic carbocycles. The predicted molar refractivity (Wildman–Crippen MR) is 52.9 cm³/mol. The molecule has 14 heavy (non-hydrogen) atoms. The van der Waals surface area contributed by atoms with E-state index in [2.05, 4.69) is 15.9 Å². The highest BCUT2D eigenvalue weighted by atomic mass is 79.9. The summed E-state index contributed by atoms with van der Waals surface area (Å²) in [5.74, 6) is -5.69. The second-order valence-electron chi connectivity index (χ2n) is 2.74. The van der Waals surface area contributed by atoms with Gasteiger partial charge in [0.25, 0.3) is 0 Å². The quantitative estimate of drug-likeness (QED) is 0.922. The first-order valence-electron chi connectivity index (χ1n) is 3.76. The van der Waals surface area contributed by atoms with Gasteiger partial charge in [-0.1, -0.05) is 0 Å². The lowest BCUT2D eigenvalue weighted by molar-refractivity contribution is -0.165. The highest BCUT2D eigenvalue weighted by Crippen LogP contribution is 2.25. The van der Waals surface area contributed by atoms with Crippen molar-refractivity contribution in [1.82, 2.24) is 0 Å². The van der Waals surface area contributed by atoms with Crippen LogP contribution in [0.25, 0.3) is 0 Å². The number of hydrogen-bond donors (Lipinski definition) is 1. The number of carboxylic acids is 1. The summed E-state index contributed by atoms with van der Waals surface area (Å²) in [6.45, 7) is 0. The Bertz CT molecular complexity index is 338. The summed E-state index contributed by atoms with van der Waals surface area (Å²) in [6, 6.07) is 1.71. The molecule has 0 saturated carbocycles. The molecule has 0 spiro atoms. The van der Waals surface area contributed by atoms with Gasteiger partial charge in [-0.3, -0.25) is 0 Å². The topological polar surface area (TPSA) is 37.3 Å². The summed E-state index contributed by atoms with van der Waals surface area (Å²) in [5.41, 5.74) is 0. The second kappa shape index (κ2) is 4.35. The Labute approximate surface area is 91.7 Å². The fourth-order valence-electron chi connectivity index (χ4n) is 0.872. The normalized spacial score (nSPS) is 11.6. The third kappa shape index (κ3) is 3.02. The van der Waals surface area contributed by atoms with Gasteiger partial charge in [-0.2, -0.15) is 8.78 Å². The van der Waals surface area contributed by atoms with Crippen LogP contribution in [-0.4, -0.2) is 17.0 Å². The van der Waals surface area contributed by atoms with Gasteiger partial charge in [-0.15, -0.1) is 11.3 Å². The molecule has 0 radical (unpaired) electrons. The van der Waals surface area contributed by atoms with E-state index in [9.17, 15) is 13.6 Å². The molecular formula is C8H7BrF2O2S. The van der Waals surface area contributed by atoms with E-state index in [-0.39, 0.29) is 6.42 Å². The first kappa shape index (κ1) is 11.6. The van der Waals surface area contributed by atoms with E-state index >= 15 is 0 Å². The first-order valence-corrected chi connectivity index (χ1v) is 5.43. The van der Waals surface area contributed by atoms with Crippen molar-refractivity contribution in [2.45, 2.75) is 18.8 Å². The third-order valence-electron chi connectivity index (χ3n) is 1.62. The molecule has 1 N–H and O–H groups in total. The van der Waals surface area contributed by atoms with Crippen LogP contribution in [0, 0.1) is 0 Å². The zero-order chi connectivity index (χ0) is 10.8. The molecule has 0 atom stereocenters. The lowest BCUT2D eigenvalue weighted by Gasteiger charge is -2.09. The molecule has 0 aliphatic heterocycles. The van der Waals surface area contributed by atoms with Crippen LogP contribution < -0.4 is 0 Å². The zero-order valence-electron chi connectivity index (χ0n) is 6.97. The molecule has 1 heterocycles. The lowest BCUT2D eigenvalue weighted by Crippen LogP contribution is -2.28. The molecule has 6 heteroatoms. The Morgan fingerprint density at radius 3 is 2.71 bits per heavy atom. The van der Waals surface area contributed by atoms with E-state index in [0.29, 0.717) is 0 Å². The van der Waals surface area contributed by atoms with Crippen molar-refractivity contribution in [2.75, 3.05) is 0 Å². The van der Waals surface area contributed by atoms with E-state index in [1.807, 2.05) is 0 Å². The van der Waals surface area contributed by atoms with Gasteiger partial charge in [-0.25, -0.2) is 4.79 Å². The molecule has 1 aromatic rings. The van der Waals surface area contributed by atoms with Gasteiger partial charge >= 0.3 is 11.9 Å². The summed E-state index contributed by atoms with van der Waals surface area (Å²) in [4.78, 5) is 10.8. The van der Waals surface area contributed by atoms with Crippen molar-refractivity contribution in [1.29, 1.82) is 0 Å². The minimum absolute atomic E-state index is 0.0789. The van der Waals surface area contributed by atoms with Crippen LogP contribution in [0.5, 0.6) is 0 Å². The Kier molecular flexibility index (Phi) is 3.60. The Morgan fingerprint density at radius 2 is 2.29 bits per heavy atom. The van der Waals surface area contributed by atoms with Gasteiger partial charge in [0.15, 0.2) is 0 Å². The number of aryl methyl sites for hydroxylation is 1. The Hall–Kier alpha value is -0.490. The average molecular weight is 285 g/mol. The molecular weight excluding hydrogens is 278 g/mol. The number of aliphatic carboxylic acids is 1. The van der Waals surface area contributed by atoms with Crippen molar-refractivity contribution in [3.8, 4) is 0 Å². The van der Waals surface area contributed by atoms with Gasteiger partial charge < -0.3 is 5.11 Å². The van der Waals surface area contributed by atoms with E-state index in [4.69, 9.17) is 5.11 Å². The first-order chi connectivity index (χ1) is 6.42. The van der Waals surface area contributed by atoms with E-state index in [1.54, 1.807) is 11.4 Å². The molecule has 0 aliphatic rings. The summed E-state index contributed by atoms with van der Waals surface area (Å²) in [6.07, 6.45) is -0.579. The van der Waals surface area contributed by atoms with Crippen molar-refractivity contribution >= 4 is 33.2 Å². The van der Waals surface area contributed by atoms with Crippen molar-refractivity contribution in [3.63, 3.8) is 0 Å². The Balaban J connectivity index is 2.52. The van der Waals surface area contributed by atoms with E-state index in [0.717, 1.165) is 9.35 Å². The highest BCUT2D eigenvalue weighted by Gasteiger charge is 2.38. The molecule has 1 aromatic heterocycles. The summed E-state index contributed by atoms with van der Waals surface area (Å²) >= 11 is 4.52. The fourth-order valence-corrected chi connectivity index (χ4v) is 2.33. The molecule has 0 saturated heterocycles. The van der Waals surface area contributed by atoms with Gasteiger partial charge in [0.05, 0.1) is 0 Å². The van der Waals surface area contributed by atoms with Gasteiger partial charge in [0.1, 0.15) is 0 Å². The minimum atomic E-state index is -3.63. The number of carboxylic acid groups (broad SMARTS) is 1. The number of halogens is 3. The fraction of sp³-hybridized carbons (Fsp3) is 0.375. The minimum Gasteiger partial charge on any atom is -0.477 e. The van der Waals surface area contributed by atoms with Crippen LogP contribution in [0.15, 0.2) is 15.9 Å². The second-order valence-corrected chi connectivity index (χ2v) is 4.65. The van der Waals surface area contributed by atoms with Crippen LogP contribution >= 0.6 is 27.3 Å². The number of rotatable bonds is 4. The number of carbonyl (C=O) groups is 1. The summed E-state index contributed by atoms with van der Waals surface area (Å²) in [5, 5.41) is 9.94. The number of hydrogen-bond acceptors (Lipinski definition) is 2. The smallest absolute Gasteiger partial charge is 0.374 e. The maximum absolute atomic E-state index is 12.6. The number of thiophene rings is 1. The molecule has 0 bridgehead atoms. The molecule has 1 rings (SSSR count). The van der Waals surface area contributed by atoms with Crippen LogP contribution in [0.1, 0.15) is 11.3 Å². The van der Waals surface area contributed by atoms with Crippen molar-refractivity contribution in [2.24, 2.45) is 0 Å². The molecule has 0 amide bonds. The van der Waals surface area contributed by atoms with Crippen LogP contribution in [0.4, 0.5) is 8.78 Å². The van der Waals surface area contributed by atoms with Gasteiger partial charge in [0.2, 0.25) is 0 Å². The average Bonchev–Trinajstić information content (AvgIpc) is 2.48. The van der Waals surface area contributed by atoms with Crippen molar-refractivity contribution in [3.05, 3.63) is 20.8 Å². The third-order valence-corrected chi connectivity index (χ3v) is 3.38. The number of alkyl halides is 2. The van der Waals surface area contributed by atoms with Gasteiger partial charge in [-0.05, 0) is 28.4 Å². The molecule has 78 valence electrons. The van der Waals surface area contributed by atoms with Crippen molar-refractivity contribution < 1.29 is 18.7 Å². The standard InChI is InChI=1S/C8H7BrF2O2S/c9-5-3-6(14-4-5)1-2-8(10,11)7(12)13/h3-4H,1-2H2,(H,12,13). The van der Waals surface area contributed by atoms with Crippen LogP contribution in [0.2, 0.25) is 0 Å². The Morgan fingerprint density at radius 1 is 1.64 bits per heavy atom. The lowest BCUT2D eigenvalue weighted by atomic mass is 10.1. The zero-order valence-corrected chi connectivity index (χ0v) is 9.37. The van der Waals surface area contributed by atoms with Gasteiger partial charge in [0, 0.05) is 21.2 Å². The van der Waals surface area contributed by atoms with Crippen LogP contribution in [0.3, 0.4) is 0 Å². The summed E-state index contributed by atoms with van der Waals surface area (Å²) in [7, 11) is 0. The highest BCUT2D eigenvalue weighted by molar-refractivity contribution is 9.10. The van der Waals surface area contributed by atoms with E-state index < -0.39 is 18.3 Å². The SMILES string of the molecule is O=C(O)C(F)(F)CCc1cc(Br)cs1. The largest absolute Gasteiger partial charge is 0.477 e. The molecule has 0 fully saturated rings. The van der Waals surface area contributed by atoms with Crippen LogP contribution in [-0.2, 0) is 11.2 Å². The molecule has 0 unspecified atom stereocenters. The monoisotopic (exact) mass is 284 g/mol. The molecule has 0 aliphatic carbocycles. The maximum atomic E-state index is 12.6. The predicted octanol–water partition coefficient (Wildman–Crippen LogP) is 3.16. The molecule has 2 nitrogen and oxygen atoms in total. The summed E-state index contributed by atoms with van der Waals surface area (Å²) < 4.78 is 26.1. The van der Waals surface area contributed by atoms with E-state index in [1.165, 1.54) is 11.3 Å². The maximum Gasteiger partial charge on any atom is 0.374 e.